The second-order valence-electron chi connectivity index (χ2n) is 2.08. The minimum absolute atomic E-state index is 0.134. The van der Waals surface area contributed by atoms with E-state index in [1.54, 1.807) is 0 Å². The largest absolute Gasteiger partial charge is 0.363 e. The zero-order chi connectivity index (χ0) is 6.53. The number of carbonyl (C=O) groups excluding carboxylic acids is 1. The fourth-order valence-electron chi connectivity index (χ4n) is 0.918. The summed E-state index contributed by atoms with van der Waals surface area (Å²) in [7, 11) is 0. The molecule has 1 N–H and O–H groups in total. The molecule has 0 aliphatic carbocycles. The lowest BCUT2D eigenvalue weighted by atomic mass is 10.3. The van der Waals surface area contributed by atoms with Crippen molar-refractivity contribution in [2.24, 2.45) is 0 Å². The van der Waals surface area contributed by atoms with Crippen LogP contribution in [0.3, 0.4) is 0 Å². The molecule has 0 aromatic rings. The number of carbonyl (C=O) groups is 1. The van der Waals surface area contributed by atoms with E-state index < -0.39 is 0 Å². The van der Waals surface area contributed by atoms with Gasteiger partial charge in [0, 0.05) is 6.61 Å². The van der Waals surface area contributed by atoms with Crippen LogP contribution in [0.15, 0.2) is 0 Å². The predicted octanol–water partition coefficient (Wildman–Crippen LogP) is -0.0886. The van der Waals surface area contributed by atoms with Crippen molar-refractivity contribution in [3.05, 3.63) is 0 Å². The lowest BCUT2D eigenvalue weighted by molar-refractivity contribution is -0.107. The van der Waals surface area contributed by atoms with Crippen molar-refractivity contribution < 1.29 is 9.53 Å². The van der Waals surface area contributed by atoms with Crippen molar-refractivity contribution >= 4 is 6.29 Å². The summed E-state index contributed by atoms with van der Waals surface area (Å²) >= 11 is 0. The molecular formula is C6H11NO2. The Hall–Kier alpha value is -0.410. The molecule has 1 rings (SSSR count). The van der Waals surface area contributed by atoms with Gasteiger partial charge in [-0.3, -0.25) is 5.32 Å². The van der Waals surface area contributed by atoms with Crippen LogP contribution in [0, 0.1) is 0 Å². The van der Waals surface area contributed by atoms with Crippen LogP contribution in [0.25, 0.3) is 0 Å². The Bertz CT molecular complexity index is 89.1. The fraction of sp³-hybridized carbons (Fsp3) is 0.833. The molecule has 1 atom stereocenters. The van der Waals surface area contributed by atoms with E-state index >= 15 is 0 Å². The maximum Gasteiger partial charge on any atom is 0.133 e. The molecule has 1 aliphatic heterocycles. The summed E-state index contributed by atoms with van der Waals surface area (Å²) in [6.07, 6.45) is 3.13. The monoisotopic (exact) mass is 129 g/mol. The highest BCUT2D eigenvalue weighted by Crippen LogP contribution is 2.07. The Morgan fingerprint density at radius 2 is 2.67 bits per heavy atom. The molecule has 0 bridgehead atoms. The summed E-state index contributed by atoms with van der Waals surface area (Å²) in [5.74, 6) is 0. The van der Waals surface area contributed by atoms with Crippen LogP contribution in [0.1, 0.15) is 12.8 Å². The van der Waals surface area contributed by atoms with Crippen molar-refractivity contribution in [1.82, 2.24) is 5.32 Å². The van der Waals surface area contributed by atoms with E-state index in [9.17, 15) is 4.79 Å². The Morgan fingerprint density at radius 3 is 3.22 bits per heavy atom. The van der Waals surface area contributed by atoms with Crippen molar-refractivity contribution in [3.8, 4) is 0 Å². The molecule has 1 fully saturated rings. The van der Waals surface area contributed by atoms with Crippen LogP contribution in [-0.2, 0) is 9.53 Å². The van der Waals surface area contributed by atoms with Gasteiger partial charge in [-0.05, 0) is 12.8 Å². The van der Waals surface area contributed by atoms with Crippen LogP contribution in [0.2, 0.25) is 0 Å². The van der Waals surface area contributed by atoms with Gasteiger partial charge in [-0.15, -0.1) is 0 Å². The first-order valence-corrected chi connectivity index (χ1v) is 3.22. The topological polar surface area (TPSA) is 38.3 Å². The van der Waals surface area contributed by atoms with E-state index in [2.05, 4.69) is 5.32 Å². The van der Waals surface area contributed by atoms with Crippen LogP contribution in [0.5, 0.6) is 0 Å². The normalized spacial score (nSPS) is 26.4. The number of hydrogen-bond acceptors (Lipinski definition) is 3. The number of hydrogen-bond donors (Lipinski definition) is 1. The molecule has 52 valence electrons. The third-order valence-electron chi connectivity index (χ3n) is 1.36. The molecule has 0 radical (unpaired) electrons. The first-order valence-electron chi connectivity index (χ1n) is 3.22. The maximum absolute atomic E-state index is 9.84. The van der Waals surface area contributed by atoms with Crippen molar-refractivity contribution in [3.63, 3.8) is 0 Å². The summed E-state index contributed by atoms with van der Waals surface area (Å²) in [5, 5.41) is 2.94. The van der Waals surface area contributed by atoms with Crippen LogP contribution in [0.4, 0.5) is 0 Å². The first kappa shape index (κ1) is 6.71. The number of rotatable bonds is 3. The highest BCUT2D eigenvalue weighted by molar-refractivity contribution is 5.51. The third kappa shape index (κ3) is 2.11. The van der Waals surface area contributed by atoms with Crippen molar-refractivity contribution in [1.29, 1.82) is 0 Å². The predicted molar refractivity (Wildman–Crippen MR) is 33.0 cm³/mol. The van der Waals surface area contributed by atoms with Gasteiger partial charge in [0.1, 0.15) is 12.5 Å². The lowest BCUT2D eigenvalue weighted by Crippen LogP contribution is -2.29. The standard InChI is InChI=1S/C6H11NO2/c8-4-3-7-6-2-1-5-9-6/h4,6-7H,1-3,5H2. The van der Waals surface area contributed by atoms with Crippen molar-refractivity contribution in [2.75, 3.05) is 13.2 Å². The van der Waals surface area contributed by atoms with Gasteiger partial charge in [0.15, 0.2) is 0 Å². The maximum atomic E-state index is 9.84. The average molecular weight is 129 g/mol. The fourth-order valence-corrected chi connectivity index (χ4v) is 0.918. The van der Waals surface area contributed by atoms with Crippen LogP contribution in [-0.4, -0.2) is 25.7 Å². The molecule has 0 spiro atoms. The van der Waals surface area contributed by atoms with E-state index in [1.807, 2.05) is 0 Å². The molecule has 1 unspecified atom stereocenters. The molecule has 1 aliphatic rings. The van der Waals surface area contributed by atoms with Gasteiger partial charge in [0.2, 0.25) is 0 Å². The SMILES string of the molecule is O=CCNC1CCCO1. The van der Waals surface area contributed by atoms with E-state index in [0.29, 0.717) is 6.54 Å². The molecule has 9 heavy (non-hydrogen) atoms. The molecule has 0 aromatic carbocycles. The number of nitrogens with one attached hydrogen (secondary N) is 1. The molecule has 1 saturated heterocycles. The zero-order valence-corrected chi connectivity index (χ0v) is 5.30. The number of ether oxygens (including phenoxy) is 1. The minimum atomic E-state index is 0.134. The molecule has 0 aromatic heterocycles. The molecule has 0 saturated carbocycles. The Kier molecular flexibility index (Phi) is 2.67. The van der Waals surface area contributed by atoms with Gasteiger partial charge >= 0.3 is 0 Å². The second-order valence-corrected chi connectivity index (χ2v) is 2.08. The minimum Gasteiger partial charge on any atom is -0.363 e. The molecule has 1 heterocycles. The highest BCUT2D eigenvalue weighted by atomic mass is 16.5. The third-order valence-corrected chi connectivity index (χ3v) is 1.36. The van der Waals surface area contributed by atoms with Gasteiger partial charge in [-0.25, -0.2) is 0 Å². The smallest absolute Gasteiger partial charge is 0.133 e. The van der Waals surface area contributed by atoms with E-state index in [1.165, 1.54) is 0 Å². The number of aldehydes is 1. The van der Waals surface area contributed by atoms with Gasteiger partial charge in [-0.1, -0.05) is 0 Å². The lowest BCUT2D eigenvalue weighted by Gasteiger charge is -2.07. The van der Waals surface area contributed by atoms with E-state index in [-0.39, 0.29) is 6.23 Å². The van der Waals surface area contributed by atoms with Crippen LogP contribution < -0.4 is 5.32 Å². The zero-order valence-electron chi connectivity index (χ0n) is 5.30. The van der Waals surface area contributed by atoms with E-state index in [0.717, 1.165) is 25.7 Å². The van der Waals surface area contributed by atoms with E-state index in [4.69, 9.17) is 4.74 Å². The summed E-state index contributed by atoms with van der Waals surface area (Å²) in [5.41, 5.74) is 0. The second kappa shape index (κ2) is 3.58. The molecule has 0 amide bonds. The van der Waals surface area contributed by atoms with Crippen molar-refractivity contribution in [2.45, 2.75) is 19.1 Å². The Balaban J connectivity index is 2.04. The Labute approximate surface area is 54.4 Å². The highest BCUT2D eigenvalue weighted by Gasteiger charge is 2.12. The molecule has 3 heteroatoms. The van der Waals surface area contributed by atoms with Gasteiger partial charge in [0.25, 0.3) is 0 Å². The quantitative estimate of drug-likeness (QED) is 0.541. The summed E-state index contributed by atoms with van der Waals surface area (Å²) in [6, 6.07) is 0. The van der Waals surface area contributed by atoms with Gasteiger partial charge in [-0.2, -0.15) is 0 Å². The van der Waals surface area contributed by atoms with Gasteiger partial charge < -0.3 is 9.53 Å². The summed E-state index contributed by atoms with van der Waals surface area (Å²) in [6.45, 7) is 1.24. The summed E-state index contributed by atoms with van der Waals surface area (Å²) in [4.78, 5) is 9.84. The average Bonchev–Trinajstić information content (AvgIpc) is 2.34. The molecule has 3 nitrogen and oxygen atoms in total. The summed E-state index contributed by atoms with van der Waals surface area (Å²) < 4.78 is 5.18. The van der Waals surface area contributed by atoms with Crippen LogP contribution >= 0.6 is 0 Å². The molecular weight excluding hydrogens is 118 g/mol. The Morgan fingerprint density at radius 1 is 1.78 bits per heavy atom. The van der Waals surface area contributed by atoms with Gasteiger partial charge in [0.05, 0.1) is 6.54 Å². The first-order chi connectivity index (χ1) is 4.43.